The van der Waals surface area contributed by atoms with Gasteiger partial charge in [-0.1, -0.05) is 39.0 Å². The summed E-state index contributed by atoms with van der Waals surface area (Å²) < 4.78 is 0. The third kappa shape index (κ3) is 7.92. The lowest BCUT2D eigenvalue weighted by molar-refractivity contribution is 0.573. The number of aromatic nitrogens is 1. The molecule has 1 rings (SSSR count). The van der Waals surface area contributed by atoms with Crippen LogP contribution in [0.4, 0.5) is 0 Å². The highest BCUT2D eigenvalue weighted by Crippen LogP contribution is 2.04. The van der Waals surface area contributed by atoms with Crippen LogP contribution in [0.2, 0.25) is 0 Å². The van der Waals surface area contributed by atoms with Gasteiger partial charge >= 0.3 is 0 Å². The predicted molar refractivity (Wildman–Crippen MR) is 74.2 cm³/mol. The summed E-state index contributed by atoms with van der Waals surface area (Å²) in [6.07, 6.45) is 13.1. The molecule has 1 aromatic heterocycles. The van der Waals surface area contributed by atoms with E-state index in [1.165, 1.54) is 44.1 Å². The van der Waals surface area contributed by atoms with Gasteiger partial charge in [-0.3, -0.25) is 4.98 Å². The predicted octanol–water partition coefficient (Wildman–Crippen LogP) is 3.57. The Hall–Kier alpha value is -0.890. The van der Waals surface area contributed by atoms with Gasteiger partial charge in [-0.2, -0.15) is 0 Å². The molecule has 1 N–H and O–H groups in total. The first-order valence-electron chi connectivity index (χ1n) is 7.03. The van der Waals surface area contributed by atoms with Gasteiger partial charge < -0.3 is 5.32 Å². The second kappa shape index (κ2) is 10.3. The average Bonchev–Trinajstić information content (AvgIpc) is 2.38. The van der Waals surface area contributed by atoms with Crippen molar-refractivity contribution < 1.29 is 0 Å². The molecule has 0 aliphatic carbocycles. The van der Waals surface area contributed by atoms with Crippen molar-refractivity contribution >= 4 is 0 Å². The number of rotatable bonds is 10. The Morgan fingerprint density at radius 3 is 2.41 bits per heavy atom. The number of nitrogens with one attached hydrogen (secondary N) is 1. The van der Waals surface area contributed by atoms with Crippen LogP contribution in [0.1, 0.15) is 51.0 Å². The maximum Gasteiger partial charge on any atom is 0.0270 e. The number of unbranched alkanes of at least 4 members (excludes halogenated alkanes) is 5. The highest BCUT2D eigenvalue weighted by molar-refractivity contribution is 5.09. The van der Waals surface area contributed by atoms with E-state index in [9.17, 15) is 0 Å². The zero-order chi connectivity index (χ0) is 12.2. The molecule has 96 valence electrons. The van der Waals surface area contributed by atoms with Gasteiger partial charge in [0, 0.05) is 12.4 Å². The topological polar surface area (TPSA) is 24.9 Å². The lowest BCUT2D eigenvalue weighted by Gasteiger charge is -2.04. The Kier molecular flexibility index (Phi) is 8.57. The van der Waals surface area contributed by atoms with Gasteiger partial charge in [-0.05, 0) is 43.6 Å². The first-order chi connectivity index (χ1) is 8.43. The second-order valence-electron chi connectivity index (χ2n) is 4.62. The minimum Gasteiger partial charge on any atom is -0.316 e. The maximum atomic E-state index is 4.02. The van der Waals surface area contributed by atoms with Crippen LogP contribution in [0.3, 0.4) is 0 Å². The van der Waals surface area contributed by atoms with Crippen molar-refractivity contribution in [2.45, 2.75) is 51.9 Å². The Bertz CT molecular complexity index is 259. The first kappa shape index (κ1) is 14.2. The average molecular weight is 234 g/mol. The van der Waals surface area contributed by atoms with E-state index in [1.54, 1.807) is 0 Å². The lowest BCUT2D eigenvalue weighted by Crippen LogP contribution is -2.18. The molecular weight excluding hydrogens is 208 g/mol. The Morgan fingerprint density at radius 2 is 1.65 bits per heavy atom. The van der Waals surface area contributed by atoms with Crippen LogP contribution in [-0.2, 0) is 6.42 Å². The van der Waals surface area contributed by atoms with Crippen molar-refractivity contribution in [1.29, 1.82) is 0 Å². The highest BCUT2D eigenvalue weighted by Gasteiger charge is 1.92. The maximum absolute atomic E-state index is 4.02. The highest BCUT2D eigenvalue weighted by atomic mass is 14.8. The number of pyridine rings is 1. The van der Waals surface area contributed by atoms with Crippen LogP contribution in [0.5, 0.6) is 0 Å². The van der Waals surface area contributed by atoms with Crippen molar-refractivity contribution in [3.05, 3.63) is 30.1 Å². The summed E-state index contributed by atoms with van der Waals surface area (Å²) in [5.41, 5.74) is 1.37. The standard InChI is InChI=1S/C15H26N2/c1-2-3-4-5-6-7-11-16-12-8-15-9-13-17-14-10-15/h9-10,13-14,16H,2-8,11-12H2,1H3. The van der Waals surface area contributed by atoms with E-state index in [0.29, 0.717) is 0 Å². The van der Waals surface area contributed by atoms with Crippen LogP contribution in [0.15, 0.2) is 24.5 Å². The molecule has 0 radical (unpaired) electrons. The number of hydrogen-bond donors (Lipinski definition) is 1. The van der Waals surface area contributed by atoms with Crippen LogP contribution in [0.25, 0.3) is 0 Å². The smallest absolute Gasteiger partial charge is 0.0270 e. The molecule has 0 bridgehead atoms. The van der Waals surface area contributed by atoms with Gasteiger partial charge in [-0.15, -0.1) is 0 Å². The molecule has 0 amide bonds. The fourth-order valence-electron chi connectivity index (χ4n) is 1.94. The van der Waals surface area contributed by atoms with Crippen molar-refractivity contribution in [3.63, 3.8) is 0 Å². The number of nitrogens with zero attached hydrogens (tertiary/aromatic N) is 1. The molecule has 0 aliphatic heterocycles. The molecule has 0 atom stereocenters. The first-order valence-corrected chi connectivity index (χ1v) is 7.03. The normalized spacial score (nSPS) is 10.6. The largest absolute Gasteiger partial charge is 0.316 e. The summed E-state index contributed by atoms with van der Waals surface area (Å²) in [6.45, 7) is 4.51. The van der Waals surface area contributed by atoms with E-state index in [-0.39, 0.29) is 0 Å². The number of hydrogen-bond acceptors (Lipinski definition) is 2. The summed E-state index contributed by atoms with van der Waals surface area (Å²) in [5, 5.41) is 3.50. The van der Waals surface area contributed by atoms with Crippen molar-refractivity contribution in [2.75, 3.05) is 13.1 Å². The molecule has 0 spiro atoms. The molecule has 0 saturated heterocycles. The Labute approximate surface area is 106 Å². The molecule has 17 heavy (non-hydrogen) atoms. The molecule has 0 fully saturated rings. The molecule has 0 saturated carbocycles. The minimum absolute atomic E-state index is 1.08. The molecule has 2 heteroatoms. The van der Waals surface area contributed by atoms with E-state index >= 15 is 0 Å². The molecule has 1 aromatic rings. The molecule has 2 nitrogen and oxygen atoms in total. The summed E-state index contributed by atoms with van der Waals surface area (Å²) in [5.74, 6) is 0. The van der Waals surface area contributed by atoms with E-state index in [2.05, 4.69) is 29.4 Å². The van der Waals surface area contributed by atoms with Gasteiger partial charge in [0.1, 0.15) is 0 Å². The van der Waals surface area contributed by atoms with Gasteiger partial charge in [0.25, 0.3) is 0 Å². The van der Waals surface area contributed by atoms with Gasteiger partial charge in [-0.25, -0.2) is 0 Å². The SMILES string of the molecule is CCCCCCCCNCCc1ccncc1. The van der Waals surface area contributed by atoms with Crippen molar-refractivity contribution in [1.82, 2.24) is 10.3 Å². The summed E-state index contributed by atoms with van der Waals surface area (Å²) in [7, 11) is 0. The van der Waals surface area contributed by atoms with Gasteiger partial charge in [0.15, 0.2) is 0 Å². The quantitative estimate of drug-likeness (QED) is 0.626. The van der Waals surface area contributed by atoms with Crippen LogP contribution >= 0.6 is 0 Å². The molecule has 0 aromatic carbocycles. The van der Waals surface area contributed by atoms with E-state index in [4.69, 9.17) is 0 Å². The van der Waals surface area contributed by atoms with E-state index < -0.39 is 0 Å². The third-order valence-corrected chi connectivity index (χ3v) is 3.05. The lowest BCUT2D eigenvalue weighted by atomic mass is 10.1. The van der Waals surface area contributed by atoms with Crippen LogP contribution < -0.4 is 5.32 Å². The fraction of sp³-hybridized carbons (Fsp3) is 0.667. The molecular formula is C15H26N2. The minimum atomic E-state index is 1.08. The second-order valence-corrected chi connectivity index (χ2v) is 4.62. The van der Waals surface area contributed by atoms with Crippen molar-refractivity contribution in [3.8, 4) is 0 Å². The van der Waals surface area contributed by atoms with E-state index in [1.807, 2.05) is 12.4 Å². The molecule has 0 aliphatic rings. The van der Waals surface area contributed by atoms with E-state index in [0.717, 1.165) is 19.5 Å². The van der Waals surface area contributed by atoms with Crippen LogP contribution in [-0.4, -0.2) is 18.1 Å². The zero-order valence-electron chi connectivity index (χ0n) is 11.1. The summed E-state index contributed by atoms with van der Waals surface area (Å²) in [4.78, 5) is 4.02. The van der Waals surface area contributed by atoms with Crippen molar-refractivity contribution in [2.24, 2.45) is 0 Å². The van der Waals surface area contributed by atoms with Crippen LogP contribution in [0, 0.1) is 0 Å². The zero-order valence-corrected chi connectivity index (χ0v) is 11.1. The fourth-order valence-corrected chi connectivity index (χ4v) is 1.94. The monoisotopic (exact) mass is 234 g/mol. The Balaban J connectivity index is 1.85. The molecule has 1 heterocycles. The summed E-state index contributed by atoms with van der Waals surface area (Å²) >= 11 is 0. The van der Waals surface area contributed by atoms with Gasteiger partial charge in [0.05, 0.1) is 0 Å². The molecule has 0 unspecified atom stereocenters. The third-order valence-electron chi connectivity index (χ3n) is 3.05. The van der Waals surface area contributed by atoms with Gasteiger partial charge in [0.2, 0.25) is 0 Å². The summed E-state index contributed by atoms with van der Waals surface area (Å²) in [6, 6.07) is 4.18. The Morgan fingerprint density at radius 1 is 0.941 bits per heavy atom.